The molecule has 1 aliphatic heterocycles. The van der Waals surface area contributed by atoms with E-state index in [2.05, 4.69) is 9.88 Å². The SMILES string of the molecule is C[C@@H](C1CC1)N(CC(F)(F)F)C(=O)c1ccc(N2CCCCCC2)nc1. The molecule has 2 heterocycles. The standard InChI is InChI=1S/C19H26F3N3O/c1-14(15-6-7-15)25(13-19(20,21)22)18(26)16-8-9-17(23-12-16)24-10-4-2-3-5-11-24/h8-9,12,14-15H,2-7,10-11,13H2,1H3/t14-/m0/s1. The molecule has 26 heavy (non-hydrogen) atoms. The molecular weight excluding hydrogens is 343 g/mol. The van der Waals surface area contributed by atoms with Gasteiger partial charge in [0.2, 0.25) is 0 Å². The molecule has 1 aromatic rings. The molecule has 0 spiro atoms. The molecule has 7 heteroatoms. The number of amides is 1. The fraction of sp³-hybridized carbons (Fsp3) is 0.684. The minimum absolute atomic E-state index is 0.172. The zero-order valence-electron chi connectivity index (χ0n) is 15.1. The van der Waals surface area contributed by atoms with Crippen molar-refractivity contribution in [2.24, 2.45) is 5.92 Å². The first kappa shape index (κ1) is 19.0. The summed E-state index contributed by atoms with van der Waals surface area (Å²) in [5.74, 6) is 0.378. The van der Waals surface area contributed by atoms with Gasteiger partial charge in [-0.05, 0) is 50.7 Å². The van der Waals surface area contributed by atoms with Gasteiger partial charge in [-0.15, -0.1) is 0 Å². The van der Waals surface area contributed by atoms with Gasteiger partial charge in [0.1, 0.15) is 12.4 Å². The van der Waals surface area contributed by atoms with Gasteiger partial charge in [-0.3, -0.25) is 4.79 Å². The molecule has 1 aromatic heterocycles. The highest BCUT2D eigenvalue weighted by Gasteiger charge is 2.40. The van der Waals surface area contributed by atoms with Crippen LogP contribution >= 0.6 is 0 Å². The summed E-state index contributed by atoms with van der Waals surface area (Å²) in [5, 5.41) is 0. The van der Waals surface area contributed by atoms with E-state index < -0.39 is 24.7 Å². The Labute approximate surface area is 152 Å². The third kappa shape index (κ3) is 4.89. The van der Waals surface area contributed by atoms with Gasteiger partial charge >= 0.3 is 6.18 Å². The largest absolute Gasteiger partial charge is 0.406 e. The van der Waals surface area contributed by atoms with Gasteiger partial charge in [0.25, 0.3) is 5.91 Å². The molecule has 2 fully saturated rings. The number of nitrogens with zero attached hydrogens (tertiary/aromatic N) is 3. The number of carbonyl (C=O) groups excluding carboxylic acids is 1. The van der Waals surface area contributed by atoms with Crippen LogP contribution in [0, 0.1) is 5.92 Å². The van der Waals surface area contributed by atoms with Crippen molar-refractivity contribution in [3.8, 4) is 0 Å². The fourth-order valence-electron chi connectivity index (χ4n) is 3.59. The number of halogens is 3. The third-order valence-electron chi connectivity index (χ3n) is 5.33. The van der Waals surface area contributed by atoms with Crippen LogP contribution in [0.1, 0.15) is 55.8 Å². The Balaban J connectivity index is 1.73. The van der Waals surface area contributed by atoms with Crippen LogP contribution in [0.5, 0.6) is 0 Å². The Morgan fingerprint density at radius 2 is 1.88 bits per heavy atom. The van der Waals surface area contributed by atoms with Crippen LogP contribution in [0.25, 0.3) is 0 Å². The zero-order valence-corrected chi connectivity index (χ0v) is 15.1. The summed E-state index contributed by atoms with van der Waals surface area (Å²) in [5.41, 5.74) is 0.223. The lowest BCUT2D eigenvalue weighted by molar-refractivity contribution is -0.144. The molecule has 3 rings (SSSR count). The summed E-state index contributed by atoms with van der Waals surface area (Å²) in [6.07, 6.45) is 3.42. The van der Waals surface area contributed by atoms with Crippen molar-refractivity contribution in [1.82, 2.24) is 9.88 Å². The smallest absolute Gasteiger partial charge is 0.357 e. The first-order valence-electron chi connectivity index (χ1n) is 9.44. The summed E-state index contributed by atoms with van der Waals surface area (Å²) in [6, 6.07) is 2.96. The number of pyridine rings is 1. The Morgan fingerprint density at radius 3 is 2.38 bits per heavy atom. The van der Waals surface area contributed by atoms with Gasteiger partial charge in [-0.1, -0.05) is 12.8 Å². The van der Waals surface area contributed by atoms with Crippen molar-refractivity contribution in [3.05, 3.63) is 23.9 Å². The van der Waals surface area contributed by atoms with Crippen LogP contribution in [-0.2, 0) is 0 Å². The average molecular weight is 369 g/mol. The molecule has 2 aliphatic rings. The Hall–Kier alpha value is -1.79. The summed E-state index contributed by atoms with van der Waals surface area (Å²) >= 11 is 0. The topological polar surface area (TPSA) is 36.4 Å². The second-order valence-electron chi connectivity index (χ2n) is 7.43. The number of carbonyl (C=O) groups is 1. The van der Waals surface area contributed by atoms with E-state index in [0.717, 1.165) is 49.5 Å². The van der Waals surface area contributed by atoms with Crippen molar-refractivity contribution in [1.29, 1.82) is 0 Å². The van der Waals surface area contributed by atoms with E-state index >= 15 is 0 Å². The van der Waals surface area contributed by atoms with Crippen LogP contribution in [-0.4, -0.2) is 47.6 Å². The van der Waals surface area contributed by atoms with E-state index in [1.807, 2.05) is 0 Å². The molecule has 1 atom stereocenters. The number of anilines is 1. The zero-order chi connectivity index (χ0) is 18.7. The van der Waals surface area contributed by atoms with Crippen LogP contribution < -0.4 is 4.90 Å². The maximum Gasteiger partial charge on any atom is 0.406 e. The third-order valence-corrected chi connectivity index (χ3v) is 5.33. The highest BCUT2D eigenvalue weighted by atomic mass is 19.4. The van der Waals surface area contributed by atoms with Gasteiger partial charge in [0.15, 0.2) is 0 Å². The van der Waals surface area contributed by atoms with Gasteiger partial charge in [-0.2, -0.15) is 13.2 Å². The van der Waals surface area contributed by atoms with E-state index in [4.69, 9.17) is 0 Å². The quantitative estimate of drug-likeness (QED) is 0.778. The first-order valence-corrected chi connectivity index (χ1v) is 9.44. The van der Waals surface area contributed by atoms with Gasteiger partial charge in [0, 0.05) is 25.3 Å². The summed E-state index contributed by atoms with van der Waals surface area (Å²) in [6.45, 7) is 2.36. The molecule has 1 amide bonds. The monoisotopic (exact) mass is 369 g/mol. The molecule has 1 saturated carbocycles. The van der Waals surface area contributed by atoms with Crippen LogP contribution in [0.2, 0.25) is 0 Å². The molecular formula is C19H26F3N3O. The Kier molecular flexibility index (Phi) is 5.73. The van der Waals surface area contributed by atoms with Crippen LogP contribution in [0.4, 0.5) is 19.0 Å². The summed E-state index contributed by atoms with van der Waals surface area (Å²) in [4.78, 5) is 20.2. The molecule has 0 bridgehead atoms. The molecule has 1 aliphatic carbocycles. The summed E-state index contributed by atoms with van der Waals surface area (Å²) in [7, 11) is 0. The lowest BCUT2D eigenvalue weighted by Gasteiger charge is -2.30. The van der Waals surface area contributed by atoms with Crippen LogP contribution in [0.3, 0.4) is 0 Å². The maximum atomic E-state index is 13.0. The van der Waals surface area contributed by atoms with Crippen molar-refractivity contribution in [3.63, 3.8) is 0 Å². The fourth-order valence-corrected chi connectivity index (χ4v) is 3.59. The van der Waals surface area contributed by atoms with E-state index in [1.165, 1.54) is 19.0 Å². The average Bonchev–Trinajstić information content (AvgIpc) is 3.44. The second kappa shape index (κ2) is 7.84. The molecule has 144 valence electrons. The minimum atomic E-state index is -4.40. The number of hydrogen-bond acceptors (Lipinski definition) is 3. The maximum absolute atomic E-state index is 13.0. The van der Waals surface area contributed by atoms with E-state index in [-0.39, 0.29) is 11.5 Å². The number of aromatic nitrogens is 1. The molecule has 1 saturated heterocycles. The van der Waals surface area contributed by atoms with Crippen molar-refractivity contribution < 1.29 is 18.0 Å². The predicted octanol–water partition coefficient (Wildman–Crippen LogP) is 4.27. The van der Waals surface area contributed by atoms with Gasteiger partial charge in [-0.25, -0.2) is 4.98 Å². The molecule has 0 N–H and O–H groups in total. The highest BCUT2D eigenvalue weighted by molar-refractivity contribution is 5.94. The molecule has 4 nitrogen and oxygen atoms in total. The first-order chi connectivity index (χ1) is 12.3. The van der Waals surface area contributed by atoms with Gasteiger partial charge < -0.3 is 9.80 Å². The lowest BCUT2D eigenvalue weighted by Crippen LogP contribution is -2.45. The van der Waals surface area contributed by atoms with Crippen molar-refractivity contribution in [2.75, 3.05) is 24.5 Å². The second-order valence-corrected chi connectivity index (χ2v) is 7.43. The van der Waals surface area contributed by atoms with E-state index in [1.54, 1.807) is 19.1 Å². The van der Waals surface area contributed by atoms with Crippen molar-refractivity contribution >= 4 is 11.7 Å². The highest BCUT2D eigenvalue weighted by Crippen LogP contribution is 2.36. The lowest BCUT2D eigenvalue weighted by atomic mass is 10.1. The molecule has 0 radical (unpaired) electrons. The van der Waals surface area contributed by atoms with Gasteiger partial charge in [0.05, 0.1) is 5.56 Å². The Bertz CT molecular complexity index is 605. The van der Waals surface area contributed by atoms with E-state index in [0.29, 0.717) is 0 Å². The predicted molar refractivity (Wildman–Crippen MR) is 94.2 cm³/mol. The molecule has 0 unspecified atom stereocenters. The van der Waals surface area contributed by atoms with Crippen molar-refractivity contribution in [2.45, 2.75) is 57.7 Å². The number of alkyl halides is 3. The van der Waals surface area contributed by atoms with E-state index in [9.17, 15) is 18.0 Å². The molecule has 0 aromatic carbocycles. The number of hydrogen-bond donors (Lipinski definition) is 0. The Morgan fingerprint density at radius 1 is 1.23 bits per heavy atom. The minimum Gasteiger partial charge on any atom is -0.357 e. The summed E-state index contributed by atoms with van der Waals surface area (Å²) < 4.78 is 38.9. The number of rotatable bonds is 5. The van der Waals surface area contributed by atoms with Crippen LogP contribution in [0.15, 0.2) is 18.3 Å². The normalized spacial score (nSPS) is 19.8.